The van der Waals surface area contributed by atoms with E-state index in [2.05, 4.69) is 0 Å². The topological polar surface area (TPSA) is 179 Å². The molecule has 0 radical (unpaired) electrons. The van der Waals surface area contributed by atoms with Crippen LogP contribution in [0.1, 0.15) is 64.2 Å². The highest BCUT2D eigenvalue weighted by atomic mass is 16.6. The Labute approximate surface area is 164 Å². The zero-order valence-corrected chi connectivity index (χ0v) is 16.1. The van der Waals surface area contributed by atoms with Gasteiger partial charge in [0.05, 0.1) is 13.2 Å². The van der Waals surface area contributed by atoms with Gasteiger partial charge >= 0.3 is 11.9 Å². The lowest BCUT2D eigenvalue weighted by atomic mass is 10.1. The number of esters is 2. The van der Waals surface area contributed by atoms with E-state index in [1.54, 1.807) is 0 Å². The van der Waals surface area contributed by atoms with Gasteiger partial charge in [0.2, 0.25) is 11.8 Å². The second kappa shape index (κ2) is 15.8. The van der Waals surface area contributed by atoms with Crippen LogP contribution in [0.5, 0.6) is 0 Å². The van der Waals surface area contributed by atoms with Gasteiger partial charge in [-0.1, -0.05) is 25.7 Å². The SMILES string of the molecule is NC(=O)CCCCCCOC(=O)C(O)C(O)C(=O)OCCCCCCC(N)=O. The maximum absolute atomic E-state index is 11.6. The number of aliphatic hydroxyl groups is 2. The molecule has 0 aromatic rings. The number of nitrogens with two attached hydrogens (primary N) is 2. The van der Waals surface area contributed by atoms with Crippen LogP contribution in [-0.2, 0) is 28.7 Å². The minimum absolute atomic E-state index is 0.0273. The number of carbonyl (C=O) groups is 4. The number of primary amides is 2. The lowest BCUT2D eigenvalue weighted by molar-refractivity contribution is -0.173. The first-order valence-electron chi connectivity index (χ1n) is 9.51. The van der Waals surface area contributed by atoms with Crippen molar-refractivity contribution in [3.8, 4) is 0 Å². The van der Waals surface area contributed by atoms with Gasteiger partial charge in [-0.05, 0) is 25.7 Å². The number of carbonyl (C=O) groups excluding carboxylic acids is 4. The van der Waals surface area contributed by atoms with Gasteiger partial charge in [-0.15, -0.1) is 0 Å². The lowest BCUT2D eigenvalue weighted by Crippen LogP contribution is -2.41. The summed E-state index contributed by atoms with van der Waals surface area (Å²) in [5.41, 5.74) is 10.0. The fourth-order valence-electron chi connectivity index (χ4n) is 2.28. The number of unbranched alkanes of at least 4 members (excludes halogenated alkanes) is 6. The second-order valence-electron chi connectivity index (χ2n) is 6.49. The average Bonchev–Trinajstić information content (AvgIpc) is 2.64. The molecule has 28 heavy (non-hydrogen) atoms. The molecule has 10 nitrogen and oxygen atoms in total. The Morgan fingerprint density at radius 1 is 0.607 bits per heavy atom. The monoisotopic (exact) mass is 404 g/mol. The van der Waals surface area contributed by atoms with Crippen molar-refractivity contribution in [1.82, 2.24) is 0 Å². The van der Waals surface area contributed by atoms with E-state index in [1.807, 2.05) is 0 Å². The summed E-state index contributed by atoms with van der Waals surface area (Å²) < 4.78 is 9.61. The fourth-order valence-corrected chi connectivity index (χ4v) is 2.28. The van der Waals surface area contributed by atoms with Crippen molar-refractivity contribution in [1.29, 1.82) is 0 Å². The first-order valence-corrected chi connectivity index (χ1v) is 9.51. The summed E-state index contributed by atoms with van der Waals surface area (Å²) in [5.74, 6) is -2.93. The van der Waals surface area contributed by atoms with Gasteiger partial charge in [0.15, 0.2) is 12.2 Å². The van der Waals surface area contributed by atoms with Crippen molar-refractivity contribution in [2.45, 2.75) is 76.4 Å². The van der Waals surface area contributed by atoms with Gasteiger partial charge in [0.1, 0.15) is 0 Å². The van der Waals surface area contributed by atoms with Crippen LogP contribution in [0.25, 0.3) is 0 Å². The molecule has 0 saturated heterocycles. The Morgan fingerprint density at radius 3 is 1.25 bits per heavy atom. The summed E-state index contributed by atoms with van der Waals surface area (Å²) in [4.78, 5) is 44.4. The van der Waals surface area contributed by atoms with Gasteiger partial charge in [0.25, 0.3) is 0 Å². The molecule has 0 aliphatic carbocycles. The molecular weight excluding hydrogens is 372 g/mol. The molecule has 0 aliphatic heterocycles. The van der Waals surface area contributed by atoms with Crippen LogP contribution in [0.4, 0.5) is 0 Å². The van der Waals surface area contributed by atoms with Crippen LogP contribution in [0, 0.1) is 0 Å². The number of amides is 2. The average molecular weight is 404 g/mol. The third kappa shape index (κ3) is 13.9. The molecule has 2 unspecified atom stereocenters. The van der Waals surface area contributed by atoms with E-state index in [1.165, 1.54) is 0 Å². The van der Waals surface area contributed by atoms with E-state index in [4.69, 9.17) is 20.9 Å². The first-order chi connectivity index (χ1) is 13.3. The van der Waals surface area contributed by atoms with Gasteiger partial charge in [0, 0.05) is 12.8 Å². The Balaban J connectivity index is 3.81. The molecular formula is C18H32N2O8. The van der Waals surface area contributed by atoms with E-state index >= 15 is 0 Å². The van der Waals surface area contributed by atoms with Crippen LogP contribution in [0.3, 0.4) is 0 Å². The van der Waals surface area contributed by atoms with Crippen molar-refractivity contribution in [3.05, 3.63) is 0 Å². The Kier molecular flexibility index (Phi) is 14.6. The van der Waals surface area contributed by atoms with Gasteiger partial charge in [-0.3, -0.25) is 9.59 Å². The molecule has 2 amide bonds. The molecule has 0 heterocycles. The van der Waals surface area contributed by atoms with Crippen LogP contribution in [-0.4, -0.2) is 59.4 Å². The molecule has 162 valence electrons. The van der Waals surface area contributed by atoms with Crippen molar-refractivity contribution >= 4 is 23.8 Å². The van der Waals surface area contributed by atoms with Crippen LogP contribution < -0.4 is 11.5 Å². The third-order valence-electron chi connectivity index (χ3n) is 3.91. The van der Waals surface area contributed by atoms with Gasteiger partial charge in [-0.2, -0.15) is 0 Å². The van der Waals surface area contributed by atoms with Crippen molar-refractivity contribution < 1.29 is 38.9 Å². The Hall–Kier alpha value is -2.20. The minimum Gasteiger partial charge on any atom is -0.464 e. The third-order valence-corrected chi connectivity index (χ3v) is 3.91. The quantitative estimate of drug-likeness (QED) is 0.188. The minimum atomic E-state index is -2.02. The van der Waals surface area contributed by atoms with Crippen molar-refractivity contribution in [2.24, 2.45) is 11.5 Å². The summed E-state index contributed by atoms with van der Waals surface area (Å²) >= 11 is 0. The van der Waals surface area contributed by atoms with E-state index in [-0.39, 0.29) is 25.0 Å². The Bertz CT molecular complexity index is 454. The lowest BCUT2D eigenvalue weighted by Gasteiger charge is -2.16. The maximum Gasteiger partial charge on any atom is 0.338 e. The molecule has 6 N–H and O–H groups in total. The standard InChI is InChI=1S/C18H32N2O8/c19-13(21)9-5-1-3-7-11-27-17(25)15(23)16(24)18(26)28-12-8-4-2-6-10-14(20)22/h15-16,23-24H,1-12H2,(H2,19,21)(H2,20,22). The number of aliphatic hydroxyl groups excluding tert-OH is 2. The highest BCUT2D eigenvalue weighted by molar-refractivity contribution is 5.85. The smallest absolute Gasteiger partial charge is 0.338 e. The van der Waals surface area contributed by atoms with Crippen LogP contribution in [0.15, 0.2) is 0 Å². The van der Waals surface area contributed by atoms with E-state index in [0.717, 1.165) is 12.8 Å². The predicted octanol–water partition coefficient (Wildman–Crippen LogP) is -0.334. The summed E-state index contributed by atoms with van der Waals surface area (Å²) in [6, 6.07) is 0. The zero-order chi connectivity index (χ0) is 21.4. The summed E-state index contributed by atoms with van der Waals surface area (Å²) in [5, 5.41) is 19.3. The molecule has 0 aromatic heterocycles. The first kappa shape index (κ1) is 25.8. The van der Waals surface area contributed by atoms with E-state index < -0.39 is 24.1 Å². The van der Waals surface area contributed by atoms with Gasteiger partial charge in [-0.25, -0.2) is 9.59 Å². The molecule has 0 aliphatic rings. The summed E-state index contributed by atoms with van der Waals surface area (Å²) in [7, 11) is 0. The molecule has 0 aromatic carbocycles. The molecule has 0 bridgehead atoms. The normalized spacial score (nSPS) is 12.8. The van der Waals surface area contributed by atoms with Crippen LogP contribution in [0.2, 0.25) is 0 Å². The van der Waals surface area contributed by atoms with Crippen molar-refractivity contribution in [3.63, 3.8) is 0 Å². The Morgan fingerprint density at radius 2 is 0.929 bits per heavy atom. The molecule has 0 rings (SSSR count). The zero-order valence-electron chi connectivity index (χ0n) is 16.1. The highest BCUT2D eigenvalue weighted by Crippen LogP contribution is 2.06. The number of hydrogen-bond donors (Lipinski definition) is 4. The number of ether oxygens (including phenoxy) is 2. The number of rotatable bonds is 17. The van der Waals surface area contributed by atoms with Gasteiger partial charge < -0.3 is 31.2 Å². The van der Waals surface area contributed by atoms with E-state index in [9.17, 15) is 29.4 Å². The predicted molar refractivity (Wildman–Crippen MR) is 98.5 cm³/mol. The number of hydrogen-bond acceptors (Lipinski definition) is 8. The van der Waals surface area contributed by atoms with Crippen LogP contribution >= 0.6 is 0 Å². The fraction of sp³-hybridized carbons (Fsp3) is 0.778. The molecule has 2 atom stereocenters. The largest absolute Gasteiger partial charge is 0.464 e. The van der Waals surface area contributed by atoms with Crippen molar-refractivity contribution in [2.75, 3.05) is 13.2 Å². The maximum atomic E-state index is 11.6. The molecule has 0 fully saturated rings. The summed E-state index contributed by atoms with van der Waals surface area (Å²) in [6.07, 6.45) is 1.85. The molecule has 10 heteroatoms. The highest BCUT2D eigenvalue weighted by Gasteiger charge is 2.32. The second-order valence-corrected chi connectivity index (χ2v) is 6.49. The molecule has 0 spiro atoms. The molecule has 0 saturated carbocycles. The van der Waals surface area contributed by atoms with E-state index in [0.29, 0.717) is 51.4 Å². The summed E-state index contributed by atoms with van der Waals surface area (Å²) in [6.45, 7) is 0.0546.